The van der Waals surface area contributed by atoms with Crippen LogP contribution >= 0.6 is 23.2 Å². The number of benzene rings is 1. The summed E-state index contributed by atoms with van der Waals surface area (Å²) in [5.74, 6) is 2.51. The molecule has 0 saturated heterocycles. The van der Waals surface area contributed by atoms with Crippen LogP contribution in [0.1, 0.15) is 25.7 Å². The van der Waals surface area contributed by atoms with E-state index in [0.29, 0.717) is 22.4 Å². The van der Waals surface area contributed by atoms with Gasteiger partial charge in [0, 0.05) is 12.6 Å². The lowest BCUT2D eigenvalue weighted by Gasteiger charge is -2.18. The van der Waals surface area contributed by atoms with Gasteiger partial charge in [0.1, 0.15) is 17.4 Å². The molecule has 2 aliphatic carbocycles. The van der Waals surface area contributed by atoms with Crippen molar-refractivity contribution in [3.8, 4) is 5.75 Å². The molecule has 0 aromatic heterocycles. The van der Waals surface area contributed by atoms with E-state index in [1.54, 1.807) is 6.07 Å². The van der Waals surface area contributed by atoms with E-state index in [2.05, 4.69) is 5.32 Å². The SMILES string of the molecule is Clc1cccc(OCCNC(C2CC2)C2CC2)c1Cl. The summed E-state index contributed by atoms with van der Waals surface area (Å²) in [7, 11) is 0. The number of nitrogens with one attached hydrogen (secondary N) is 1. The van der Waals surface area contributed by atoms with Crippen LogP contribution in [0.2, 0.25) is 10.0 Å². The maximum absolute atomic E-state index is 6.08. The van der Waals surface area contributed by atoms with Crippen molar-refractivity contribution in [2.24, 2.45) is 11.8 Å². The maximum atomic E-state index is 6.08. The van der Waals surface area contributed by atoms with Gasteiger partial charge in [0.2, 0.25) is 0 Å². The van der Waals surface area contributed by atoms with Crippen LogP contribution in [-0.2, 0) is 0 Å². The lowest BCUT2D eigenvalue weighted by atomic mass is 10.1. The Morgan fingerprint density at radius 1 is 1.16 bits per heavy atom. The molecule has 3 rings (SSSR count). The number of hydrogen-bond donors (Lipinski definition) is 1. The highest BCUT2D eigenvalue weighted by molar-refractivity contribution is 6.42. The highest BCUT2D eigenvalue weighted by atomic mass is 35.5. The number of halogens is 2. The molecule has 0 spiro atoms. The van der Waals surface area contributed by atoms with Crippen LogP contribution in [0.15, 0.2) is 18.2 Å². The summed E-state index contributed by atoms with van der Waals surface area (Å²) >= 11 is 12.0. The lowest BCUT2D eigenvalue weighted by Crippen LogP contribution is -2.36. The van der Waals surface area contributed by atoms with Crippen LogP contribution in [0.25, 0.3) is 0 Å². The van der Waals surface area contributed by atoms with E-state index in [1.807, 2.05) is 12.1 Å². The zero-order chi connectivity index (χ0) is 13.2. The Balaban J connectivity index is 1.43. The molecule has 2 fully saturated rings. The van der Waals surface area contributed by atoms with Crippen LogP contribution in [0.5, 0.6) is 5.75 Å². The summed E-state index contributed by atoms with van der Waals surface area (Å²) in [5.41, 5.74) is 0. The standard InChI is InChI=1S/C15H19Cl2NO/c16-12-2-1-3-13(14(12)17)19-9-8-18-15(10-4-5-10)11-6-7-11/h1-3,10-11,15,18H,4-9H2. The largest absolute Gasteiger partial charge is 0.491 e. The van der Waals surface area contributed by atoms with Gasteiger partial charge in [-0.3, -0.25) is 0 Å². The average molecular weight is 300 g/mol. The van der Waals surface area contributed by atoms with Crippen LogP contribution in [0, 0.1) is 11.8 Å². The normalized spacial score (nSPS) is 18.9. The minimum Gasteiger partial charge on any atom is -0.491 e. The zero-order valence-electron chi connectivity index (χ0n) is 10.9. The smallest absolute Gasteiger partial charge is 0.139 e. The van der Waals surface area contributed by atoms with Gasteiger partial charge in [-0.2, -0.15) is 0 Å². The first-order valence-electron chi connectivity index (χ1n) is 7.06. The monoisotopic (exact) mass is 299 g/mol. The third-order valence-electron chi connectivity index (χ3n) is 3.92. The van der Waals surface area contributed by atoms with Crippen molar-refractivity contribution in [2.75, 3.05) is 13.2 Å². The summed E-state index contributed by atoms with van der Waals surface area (Å²) in [6.45, 7) is 1.51. The summed E-state index contributed by atoms with van der Waals surface area (Å²) in [4.78, 5) is 0. The molecule has 4 heteroatoms. The molecule has 2 saturated carbocycles. The van der Waals surface area contributed by atoms with E-state index in [9.17, 15) is 0 Å². The number of hydrogen-bond acceptors (Lipinski definition) is 2. The molecule has 1 N–H and O–H groups in total. The van der Waals surface area contributed by atoms with Gasteiger partial charge in [0.15, 0.2) is 0 Å². The van der Waals surface area contributed by atoms with Gasteiger partial charge in [0.05, 0.1) is 5.02 Å². The molecule has 0 unspecified atom stereocenters. The molecule has 19 heavy (non-hydrogen) atoms. The van der Waals surface area contributed by atoms with Crippen molar-refractivity contribution in [2.45, 2.75) is 31.7 Å². The Morgan fingerprint density at radius 3 is 2.47 bits per heavy atom. The Morgan fingerprint density at radius 2 is 1.84 bits per heavy atom. The van der Waals surface area contributed by atoms with Crippen LogP contribution in [0.3, 0.4) is 0 Å². The molecule has 2 nitrogen and oxygen atoms in total. The van der Waals surface area contributed by atoms with Crippen molar-refractivity contribution in [3.63, 3.8) is 0 Å². The van der Waals surface area contributed by atoms with Gasteiger partial charge in [-0.25, -0.2) is 0 Å². The molecule has 0 aliphatic heterocycles. The van der Waals surface area contributed by atoms with E-state index in [-0.39, 0.29) is 0 Å². The third-order valence-corrected chi connectivity index (χ3v) is 4.72. The first kappa shape index (κ1) is 13.5. The van der Waals surface area contributed by atoms with Crippen LogP contribution in [-0.4, -0.2) is 19.2 Å². The summed E-state index contributed by atoms with van der Waals surface area (Å²) in [5, 5.41) is 4.69. The van der Waals surface area contributed by atoms with Gasteiger partial charge < -0.3 is 10.1 Å². The molecular weight excluding hydrogens is 281 g/mol. The number of rotatable bonds is 7. The Labute approximate surface area is 124 Å². The molecular formula is C15H19Cl2NO. The minimum atomic E-state index is 0.505. The van der Waals surface area contributed by atoms with Gasteiger partial charge in [-0.1, -0.05) is 29.3 Å². The predicted octanol–water partition coefficient (Wildman–Crippen LogP) is 4.15. The molecule has 2 aliphatic rings. The summed E-state index contributed by atoms with van der Waals surface area (Å²) < 4.78 is 5.69. The fourth-order valence-corrected chi connectivity index (χ4v) is 2.96. The van der Waals surface area contributed by atoms with Gasteiger partial charge in [0.25, 0.3) is 0 Å². The summed E-state index contributed by atoms with van der Waals surface area (Å²) in [6, 6.07) is 6.20. The second-order valence-electron chi connectivity index (χ2n) is 5.56. The van der Waals surface area contributed by atoms with Crippen molar-refractivity contribution in [1.82, 2.24) is 5.32 Å². The first-order chi connectivity index (χ1) is 9.25. The zero-order valence-corrected chi connectivity index (χ0v) is 12.4. The van der Waals surface area contributed by atoms with Crippen LogP contribution in [0.4, 0.5) is 0 Å². The first-order valence-corrected chi connectivity index (χ1v) is 7.81. The van der Waals surface area contributed by atoms with E-state index in [4.69, 9.17) is 27.9 Å². The highest BCUT2D eigenvalue weighted by Gasteiger charge is 2.40. The molecule has 0 atom stereocenters. The number of ether oxygens (including phenoxy) is 1. The van der Waals surface area contributed by atoms with Gasteiger partial charge >= 0.3 is 0 Å². The van der Waals surface area contributed by atoms with Crippen molar-refractivity contribution in [3.05, 3.63) is 28.2 Å². The lowest BCUT2D eigenvalue weighted by molar-refractivity contribution is 0.294. The minimum absolute atomic E-state index is 0.505. The summed E-state index contributed by atoms with van der Waals surface area (Å²) in [6.07, 6.45) is 5.59. The van der Waals surface area contributed by atoms with Crippen molar-refractivity contribution in [1.29, 1.82) is 0 Å². The molecule has 104 valence electrons. The molecule has 0 amide bonds. The second kappa shape index (κ2) is 5.90. The van der Waals surface area contributed by atoms with E-state index >= 15 is 0 Å². The Kier molecular flexibility index (Phi) is 4.21. The fourth-order valence-electron chi connectivity index (χ4n) is 2.61. The molecule has 1 aromatic carbocycles. The molecule has 0 bridgehead atoms. The van der Waals surface area contributed by atoms with E-state index in [1.165, 1.54) is 25.7 Å². The Hall–Kier alpha value is -0.440. The average Bonchev–Trinajstić information content (AvgIpc) is 3.27. The van der Waals surface area contributed by atoms with Crippen molar-refractivity contribution >= 4 is 23.2 Å². The molecule has 1 aromatic rings. The predicted molar refractivity (Wildman–Crippen MR) is 79.2 cm³/mol. The topological polar surface area (TPSA) is 21.3 Å². The fraction of sp³-hybridized carbons (Fsp3) is 0.600. The molecule has 0 radical (unpaired) electrons. The van der Waals surface area contributed by atoms with Gasteiger partial charge in [-0.15, -0.1) is 0 Å². The van der Waals surface area contributed by atoms with E-state index in [0.717, 1.165) is 24.4 Å². The van der Waals surface area contributed by atoms with Gasteiger partial charge in [-0.05, 0) is 49.7 Å². The quantitative estimate of drug-likeness (QED) is 0.764. The maximum Gasteiger partial charge on any atom is 0.139 e. The Bertz CT molecular complexity index is 432. The third kappa shape index (κ3) is 3.56. The van der Waals surface area contributed by atoms with Crippen molar-refractivity contribution < 1.29 is 4.74 Å². The van der Waals surface area contributed by atoms with Crippen LogP contribution < -0.4 is 10.1 Å². The second-order valence-corrected chi connectivity index (χ2v) is 6.34. The highest BCUT2D eigenvalue weighted by Crippen LogP contribution is 2.44. The molecule has 0 heterocycles. The van der Waals surface area contributed by atoms with E-state index < -0.39 is 0 Å².